The standard InChI is InChI=1S/C23H22N4O3S/c1-26-11-18(25-10-19(26)29)14-6-8-24-22(17(14)12-28)27-9-7-15-13-4-2-3-5-16(13)21(31)20(15)23(27)30/h6,8,10-11,28H,2-5,7,9,12H2,1H3. The smallest absolute Gasteiger partial charge is 0.268 e. The zero-order chi connectivity index (χ0) is 21.7. The van der Waals surface area contributed by atoms with Gasteiger partial charge >= 0.3 is 0 Å². The van der Waals surface area contributed by atoms with Gasteiger partial charge in [-0.05, 0) is 54.9 Å². The van der Waals surface area contributed by atoms with Crippen LogP contribution < -0.4 is 10.5 Å². The molecule has 0 bridgehead atoms. The van der Waals surface area contributed by atoms with Gasteiger partial charge in [-0.2, -0.15) is 0 Å². The average Bonchev–Trinajstić information content (AvgIpc) is 3.08. The maximum absolute atomic E-state index is 13.5. The molecule has 1 amide bonds. The molecule has 31 heavy (non-hydrogen) atoms. The fraction of sp³-hybridized carbons (Fsp3) is 0.348. The molecule has 7 nitrogen and oxygen atoms in total. The zero-order valence-corrected chi connectivity index (χ0v) is 18.0. The van der Waals surface area contributed by atoms with Gasteiger partial charge in [0.25, 0.3) is 11.5 Å². The minimum absolute atomic E-state index is 0.145. The van der Waals surface area contributed by atoms with Crippen LogP contribution in [0.4, 0.5) is 5.82 Å². The number of aliphatic hydroxyl groups excluding tert-OH is 1. The molecule has 0 saturated carbocycles. The number of nitrogens with zero attached hydrogens (tertiary/aromatic N) is 4. The van der Waals surface area contributed by atoms with E-state index >= 15 is 0 Å². The van der Waals surface area contributed by atoms with Crippen LogP contribution >= 0.6 is 12.2 Å². The van der Waals surface area contributed by atoms with Crippen molar-refractivity contribution < 1.29 is 9.90 Å². The number of aryl methyl sites for hydroxylation is 1. The lowest BCUT2D eigenvalue weighted by atomic mass is 9.89. The van der Waals surface area contributed by atoms with E-state index in [-0.39, 0.29) is 18.1 Å². The highest BCUT2D eigenvalue weighted by atomic mass is 32.1. The highest BCUT2D eigenvalue weighted by molar-refractivity contribution is 7.81. The molecule has 5 rings (SSSR count). The van der Waals surface area contributed by atoms with Gasteiger partial charge < -0.3 is 9.67 Å². The number of anilines is 1. The summed E-state index contributed by atoms with van der Waals surface area (Å²) in [5, 5.41) is 10.2. The van der Waals surface area contributed by atoms with Crippen molar-refractivity contribution in [3.63, 3.8) is 0 Å². The van der Waals surface area contributed by atoms with Crippen LogP contribution in [-0.2, 0) is 18.4 Å². The molecule has 0 radical (unpaired) electrons. The van der Waals surface area contributed by atoms with Crippen molar-refractivity contribution in [3.8, 4) is 11.3 Å². The molecule has 2 aromatic rings. The third kappa shape index (κ3) is 3.09. The second-order valence-electron chi connectivity index (χ2n) is 8.09. The summed E-state index contributed by atoms with van der Waals surface area (Å²) in [5.74, 6) is 0.272. The molecular formula is C23H22N4O3S. The number of amides is 1. The Morgan fingerprint density at radius 2 is 1.87 bits per heavy atom. The Labute approximate surface area is 184 Å². The molecular weight excluding hydrogens is 412 g/mol. The van der Waals surface area contributed by atoms with Crippen molar-refractivity contribution in [2.24, 2.45) is 7.05 Å². The number of aromatic nitrogens is 3. The van der Waals surface area contributed by atoms with Gasteiger partial charge in [-0.3, -0.25) is 14.5 Å². The first-order valence-corrected chi connectivity index (χ1v) is 10.9. The van der Waals surface area contributed by atoms with Gasteiger partial charge in [-0.1, -0.05) is 12.2 Å². The van der Waals surface area contributed by atoms with E-state index in [2.05, 4.69) is 9.97 Å². The molecule has 0 atom stereocenters. The largest absolute Gasteiger partial charge is 0.392 e. The summed E-state index contributed by atoms with van der Waals surface area (Å²) in [6.07, 6.45) is 9.39. The van der Waals surface area contributed by atoms with Crippen molar-refractivity contribution in [1.29, 1.82) is 0 Å². The fourth-order valence-corrected chi connectivity index (χ4v) is 5.27. The van der Waals surface area contributed by atoms with Crippen molar-refractivity contribution in [2.45, 2.75) is 38.7 Å². The van der Waals surface area contributed by atoms with E-state index in [1.165, 1.54) is 21.9 Å². The number of pyridine rings is 1. The maximum Gasteiger partial charge on any atom is 0.268 e. The summed E-state index contributed by atoms with van der Waals surface area (Å²) >= 11 is 5.71. The number of hydrogen-bond donors (Lipinski definition) is 1. The monoisotopic (exact) mass is 434 g/mol. The number of fused-ring (bicyclic) bond motifs is 1. The Kier molecular flexibility index (Phi) is 4.91. The summed E-state index contributed by atoms with van der Waals surface area (Å²) in [7, 11) is 1.65. The maximum atomic E-state index is 13.5. The van der Waals surface area contributed by atoms with Crippen LogP contribution in [0.25, 0.3) is 11.3 Å². The van der Waals surface area contributed by atoms with E-state index in [9.17, 15) is 14.7 Å². The molecule has 0 spiro atoms. The van der Waals surface area contributed by atoms with E-state index in [4.69, 9.17) is 12.2 Å². The van der Waals surface area contributed by atoms with Crippen molar-refractivity contribution >= 4 is 28.8 Å². The molecule has 1 N–H and O–H groups in total. The molecule has 0 unspecified atom stereocenters. The molecule has 2 aliphatic carbocycles. The van der Waals surface area contributed by atoms with Gasteiger partial charge in [0, 0.05) is 37.1 Å². The summed E-state index contributed by atoms with van der Waals surface area (Å²) in [6.45, 7) is 0.180. The van der Waals surface area contributed by atoms with Gasteiger partial charge in [-0.25, -0.2) is 9.97 Å². The Morgan fingerprint density at radius 1 is 1.10 bits per heavy atom. The van der Waals surface area contributed by atoms with Crippen LogP contribution in [0.5, 0.6) is 0 Å². The highest BCUT2D eigenvalue weighted by Crippen LogP contribution is 2.44. The summed E-state index contributed by atoms with van der Waals surface area (Å²) < 4.78 is 1.43. The van der Waals surface area contributed by atoms with Crippen LogP contribution in [0.2, 0.25) is 0 Å². The normalized spacial score (nSPS) is 18.6. The second kappa shape index (κ2) is 7.62. The number of rotatable bonds is 3. The summed E-state index contributed by atoms with van der Waals surface area (Å²) in [5.41, 5.74) is 5.69. The molecule has 3 heterocycles. The van der Waals surface area contributed by atoms with Crippen LogP contribution in [0, 0.1) is 0 Å². The Balaban J connectivity index is 1.56. The van der Waals surface area contributed by atoms with E-state index in [0.29, 0.717) is 39.6 Å². The zero-order valence-electron chi connectivity index (χ0n) is 17.2. The Morgan fingerprint density at radius 3 is 2.61 bits per heavy atom. The first-order chi connectivity index (χ1) is 15.0. The van der Waals surface area contributed by atoms with Crippen LogP contribution in [-0.4, -0.2) is 37.0 Å². The molecule has 3 aliphatic rings. The van der Waals surface area contributed by atoms with Crippen LogP contribution in [0.15, 0.2) is 51.7 Å². The number of aliphatic hydroxyl groups is 1. The number of thiocarbonyl (C=S) groups is 1. The topological polar surface area (TPSA) is 88.3 Å². The minimum atomic E-state index is -0.308. The number of carbonyl (C=O) groups is 1. The van der Waals surface area contributed by atoms with Gasteiger partial charge in [0.1, 0.15) is 5.82 Å². The van der Waals surface area contributed by atoms with E-state index in [1.54, 1.807) is 30.4 Å². The third-order valence-electron chi connectivity index (χ3n) is 6.38. The van der Waals surface area contributed by atoms with Gasteiger partial charge in [0.2, 0.25) is 0 Å². The lowest BCUT2D eigenvalue weighted by Crippen LogP contribution is -2.39. The molecule has 8 heteroatoms. The lowest BCUT2D eigenvalue weighted by molar-refractivity contribution is -0.115. The quantitative estimate of drug-likeness (QED) is 0.747. The van der Waals surface area contributed by atoms with Gasteiger partial charge in [0.15, 0.2) is 0 Å². The van der Waals surface area contributed by atoms with E-state index in [1.807, 2.05) is 0 Å². The van der Waals surface area contributed by atoms with E-state index < -0.39 is 0 Å². The Hall–Kier alpha value is -2.97. The highest BCUT2D eigenvalue weighted by Gasteiger charge is 2.40. The third-order valence-corrected chi connectivity index (χ3v) is 6.83. The minimum Gasteiger partial charge on any atom is -0.392 e. The summed E-state index contributed by atoms with van der Waals surface area (Å²) in [6, 6.07) is 1.74. The van der Waals surface area contributed by atoms with Crippen LogP contribution in [0.3, 0.4) is 0 Å². The first-order valence-electron chi connectivity index (χ1n) is 10.4. The van der Waals surface area contributed by atoms with Gasteiger partial charge in [0.05, 0.1) is 28.9 Å². The second-order valence-corrected chi connectivity index (χ2v) is 8.50. The number of carbonyl (C=O) groups excluding carboxylic acids is 1. The predicted octanol–water partition coefficient (Wildman–Crippen LogP) is 2.62. The van der Waals surface area contributed by atoms with Crippen molar-refractivity contribution in [2.75, 3.05) is 11.4 Å². The summed E-state index contributed by atoms with van der Waals surface area (Å²) in [4.78, 5) is 36.3. The Bertz CT molecular complexity index is 1260. The molecule has 2 aromatic heterocycles. The lowest BCUT2D eigenvalue weighted by Gasteiger charge is -2.30. The van der Waals surface area contributed by atoms with Crippen molar-refractivity contribution in [3.05, 3.63) is 62.9 Å². The average molecular weight is 435 g/mol. The van der Waals surface area contributed by atoms with Gasteiger partial charge in [-0.15, -0.1) is 0 Å². The number of hydrogen-bond acceptors (Lipinski definition) is 6. The molecule has 0 saturated heterocycles. The molecule has 0 fully saturated rings. The van der Waals surface area contributed by atoms with Crippen LogP contribution in [0.1, 0.15) is 37.7 Å². The van der Waals surface area contributed by atoms with Crippen molar-refractivity contribution in [1.82, 2.24) is 14.5 Å². The molecule has 0 aromatic carbocycles. The fourth-order valence-electron chi connectivity index (χ4n) is 4.84. The first kappa shape index (κ1) is 20.0. The molecule has 1 aliphatic heterocycles. The van der Waals surface area contributed by atoms with E-state index in [0.717, 1.165) is 37.7 Å². The predicted molar refractivity (Wildman–Crippen MR) is 121 cm³/mol. The molecule has 158 valence electrons. The number of allylic oxidation sites excluding steroid dienone is 2. The SMILES string of the molecule is Cn1cc(-c2ccnc(N3CCC4=C(C3=O)C(=S)C3=C4CCCC3)c2CO)ncc1=O.